The third-order valence-corrected chi connectivity index (χ3v) is 7.81. The number of rotatable bonds is 11. The summed E-state index contributed by atoms with van der Waals surface area (Å²) in [4.78, 5) is 43.4. The summed E-state index contributed by atoms with van der Waals surface area (Å²) < 4.78 is 13.0. The molecule has 2 fully saturated rings. The maximum absolute atomic E-state index is 13.5. The molecule has 2 aromatic rings. The summed E-state index contributed by atoms with van der Waals surface area (Å²) in [6.45, 7) is 5.62. The Labute approximate surface area is 224 Å². The number of hydrogen-bond donors (Lipinski definition) is 2. The first-order valence-corrected chi connectivity index (χ1v) is 13.9. The van der Waals surface area contributed by atoms with E-state index >= 15 is 0 Å². The number of nitrogens with one attached hydrogen (secondary N) is 2. The molecule has 2 aliphatic rings. The minimum absolute atomic E-state index is 0.0135. The summed E-state index contributed by atoms with van der Waals surface area (Å²) in [5, 5.41) is 5.87. The Morgan fingerprint density at radius 1 is 1.03 bits per heavy atom. The van der Waals surface area contributed by atoms with Gasteiger partial charge in [0, 0.05) is 38.3 Å². The van der Waals surface area contributed by atoms with Crippen molar-refractivity contribution in [1.29, 1.82) is 0 Å². The molecule has 2 saturated heterocycles. The van der Waals surface area contributed by atoms with Crippen LogP contribution in [0.4, 0.5) is 4.39 Å². The van der Waals surface area contributed by atoms with Gasteiger partial charge < -0.3 is 20.4 Å². The fourth-order valence-electron chi connectivity index (χ4n) is 5.57. The van der Waals surface area contributed by atoms with Gasteiger partial charge in [-0.3, -0.25) is 14.4 Å². The number of amides is 3. The van der Waals surface area contributed by atoms with Crippen molar-refractivity contribution in [3.05, 3.63) is 71.5 Å². The van der Waals surface area contributed by atoms with Gasteiger partial charge in [-0.05, 0) is 74.8 Å². The van der Waals surface area contributed by atoms with Gasteiger partial charge in [0.05, 0.1) is 0 Å². The highest BCUT2D eigenvalue weighted by Crippen LogP contribution is 2.34. The van der Waals surface area contributed by atoms with Crippen molar-refractivity contribution in [2.75, 3.05) is 32.7 Å². The van der Waals surface area contributed by atoms with Gasteiger partial charge in [-0.2, -0.15) is 0 Å². The molecular formula is C30H39FN4O3. The average Bonchev–Trinajstić information content (AvgIpc) is 2.94. The molecule has 2 aliphatic heterocycles. The number of hydrogen-bond acceptors (Lipinski definition) is 4. The largest absolute Gasteiger partial charge is 0.352 e. The summed E-state index contributed by atoms with van der Waals surface area (Å²) >= 11 is 0. The third kappa shape index (κ3) is 6.59. The predicted octanol–water partition coefficient (Wildman–Crippen LogP) is 3.54. The van der Waals surface area contributed by atoms with Gasteiger partial charge in [0.25, 0.3) is 5.91 Å². The number of carbonyl (C=O) groups excluding carboxylic acids is 3. The molecule has 8 heteroatoms. The molecule has 0 aromatic heterocycles. The smallest absolute Gasteiger partial charge is 0.251 e. The van der Waals surface area contributed by atoms with E-state index in [4.69, 9.17) is 0 Å². The Bertz CT molecular complexity index is 1080. The van der Waals surface area contributed by atoms with Crippen LogP contribution in [0.15, 0.2) is 54.6 Å². The Kier molecular flexibility index (Phi) is 9.50. The van der Waals surface area contributed by atoms with Crippen LogP contribution in [0.25, 0.3) is 0 Å². The number of piperidine rings is 1. The van der Waals surface area contributed by atoms with Crippen molar-refractivity contribution in [3.8, 4) is 0 Å². The molecule has 0 bridgehead atoms. The lowest BCUT2D eigenvalue weighted by atomic mass is 9.81. The normalized spacial score (nSPS) is 19.4. The van der Waals surface area contributed by atoms with Crippen LogP contribution in [0, 0.1) is 5.82 Å². The van der Waals surface area contributed by atoms with Gasteiger partial charge in [-0.25, -0.2) is 4.39 Å². The zero-order valence-electron chi connectivity index (χ0n) is 22.3. The minimum atomic E-state index is -0.754. The fraction of sp³-hybridized carbons (Fsp3) is 0.500. The summed E-state index contributed by atoms with van der Waals surface area (Å²) in [6.07, 6.45) is 5.01. The number of carbonyl (C=O) groups is 3. The van der Waals surface area contributed by atoms with E-state index in [1.54, 1.807) is 0 Å². The summed E-state index contributed by atoms with van der Waals surface area (Å²) in [6, 6.07) is 15.3. The van der Waals surface area contributed by atoms with Crippen molar-refractivity contribution in [2.45, 2.75) is 63.5 Å². The molecule has 1 atom stereocenters. The van der Waals surface area contributed by atoms with Gasteiger partial charge in [-0.15, -0.1) is 0 Å². The molecule has 2 aromatic carbocycles. The Morgan fingerprint density at radius 2 is 1.74 bits per heavy atom. The van der Waals surface area contributed by atoms with E-state index in [0.29, 0.717) is 50.8 Å². The van der Waals surface area contributed by atoms with E-state index in [1.807, 2.05) is 17.9 Å². The van der Waals surface area contributed by atoms with Crippen molar-refractivity contribution < 1.29 is 18.8 Å². The molecule has 0 aliphatic carbocycles. The van der Waals surface area contributed by atoms with E-state index in [2.05, 4.69) is 39.8 Å². The Balaban J connectivity index is 1.25. The number of benzene rings is 2. The number of halogens is 1. The monoisotopic (exact) mass is 522 g/mol. The van der Waals surface area contributed by atoms with E-state index in [0.717, 1.165) is 32.5 Å². The third-order valence-electron chi connectivity index (χ3n) is 7.81. The van der Waals surface area contributed by atoms with Crippen molar-refractivity contribution >= 4 is 17.7 Å². The van der Waals surface area contributed by atoms with Crippen LogP contribution in [-0.4, -0.2) is 71.8 Å². The van der Waals surface area contributed by atoms with Gasteiger partial charge in [0.2, 0.25) is 11.8 Å². The quantitative estimate of drug-likeness (QED) is 0.443. The lowest BCUT2D eigenvalue weighted by molar-refractivity contribution is -0.161. The summed E-state index contributed by atoms with van der Waals surface area (Å²) in [7, 11) is 0. The van der Waals surface area contributed by atoms with Crippen LogP contribution >= 0.6 is 0 Å². The molecule has 0 saturated carbocycles. The highest BCUT2D eigenvalue weighted by atomic mass is 19.1. The van der Waals surface area contributed by atoms with Crippen LogP contribution in [0.1, 0.15) is 61.4 Å². The van der Waals surface area contributed by atoms with E-state index in [1.165, 1.54) is 29.8 Å². The fourth-order valence-corrected chi connectivity index (χ4v) is 5.57. The van der Waals surface area contributed by atoms with E-state index in [9.17, 15) is 18.8 Å². The topological polar surface area (TPSA) is 81.8 Å². The Morgan fingerprint density at radius 3 is 2.42 bits per heavy atom. The molecule has 2 heterocycles. The first kappa shape index (κ1) is 27.8. The molecule has 2 N–H and O–H groups in total. The molecule has 204 valence electrons. The molecule has 4 rings (SSSR count). The number of nitrogens with zero attached hydrogens (tertiary/aromatic N) is 2. The minimum Gasteiger partial charge on any atom is -0.352 e. The molecule has 1 spiro atoms. The first-order chi connectivity index (χ1) is 18.4. The predicted molar refractivity (Wildman–Crippen MR) is 145 cm³/mol. The standard InChI is InChI=1S/C30H39FN4O3/c1-2-19-35-28(37)26(10-6-7-18-32-27(36)24-11-13-25(31)14-12-24)33-29(38)30(35)16-21-34(22-17-30)20-15-23-8-4-3-5-9-23/h3-5,8-9,11-14,26H,2,6-7,10,15-22H2,1H3,(H,32,36)(H,33,38)/t26-/m0/s1. The van der Waals surface area contributed by atoms with Crippen LogP contribution in [0.5, 0.6) is 0 Å². The second-order valence-corrected chi connectivity index (χ2v) is 10.4. The maximum Gasteiger partial charge on any atom is 0.251 e. The molecule has 0 radical (unpaired) electrons. The van der Waals surface area contributed by atoms with E-state index < -0.39 is 11.6 Å². The second kappa shape index (κ2) is 13.0. The van der Waals surface area contributed by atoms with Crippen molar-refractivity contribution in [1.82, 2.24) is 20.4 Å². The molecule has 3 amide bonds. The summed E-state index contributed by atoms with van der Waals surface area (Å²) in [5.74, 6) is -0.645. The van der Waals surface area contributed by atoms with Gasteiger partial charge in [0.15, 0.2) is 0 Å². The van der Waals surface area contributed by atoms with Gasteiger partial charge >= 0.3 is 0 Å². The Hall–Kier alpha value is -3.26. The lowest BCUT2D eigenvalue weighted by Gasteiger charge is -2.51. The van der Waals surface area contributed by atoms with E-state index in [-0.39, 0.29) is 23.5 Å². The molecule has 7 nitrogen and oxygen atoms in total. The molecule has 0 unspecified atom stereocenters. The zero-order valence-corrected chi connectivity index (χ0v) is 22.3. The first-order valence-electron chi connectivity index (χ1n) is 13.9. The van der Waals surface area contributed by atoms with Crippen molar-refractivity contribution in [2.24, 2.45) is 0 Å². The van der Waals surface area contributed by atoms with Gasteiger partial charge in [-0.1, -0.05) is 37.3 Å². The average molecular weight is 523 g/mol. The van der Waals surface area contributed by atoms with Crippen LogP contribution in [-0.2, 0) is 16.0 Å². The van der Waals surface area contributed by atoms with Crippen molar-refractivity contribution in [3.63, 3.8) is 0 Å². The maximum atomic E-state index is 13.5. The second-order valence-electron chi connectivity index (χ2n) is 10.4. The molecular weight excluding hydrogens is 483 g/mol. The highest BCUT2D eigenvalue weighted by Gasteiger charge is 2.52. The van der Waals surface area contributed by atoms with Crippen LogP contribution in [0.3, 0.4) is 0 Å². The van der Waals surface area contributed by atoms with Crippen LogP contribution < -0.4 is 10.6 Å². The number of piperazine rings is 1. The lowest BCUT2D eigenvalue weighted by Crippen LogP contribution is -2.72. The number of unbranched alkanes of at least 4 members (excludes halogenated alkanes) is 1. The van der Waals surface area contributed by atoms with Crippen LogP contribution in [0.2, 0.25) is 0 Å². The van der Waals surface area contributed by atoms with Gasteiger partial charge in [0.1, 0.15) is 17.4 Å². The SMILES string of the molecule is CCCN1C(=O)[C@H](CCCCNC(=O)c2ccc(F)cc2)NC(=O)C12CCN(CCc1ccccc1)CC2. The zero-order chi connectivity index (χ0) is 27.0. The summed E-state index contributed by atoms with van der Waals surface area (Å²) in [5.41, 5.74) is 0.965. The highest BCUT2D eigenvalue weighted by molar-refractivity contribution is 6.00. The number of likely N-dealkylation sites (tertiary alicyclic amines) is 1. The molecule has 38 heavy (non-hydrogen) atoms.